The fraction of sp³-hybridized carbons (Fsp3) is 0.0800. The summed E-state index contributed by atoms with van der Waals surface area (Å²) in [7, 11) is 0. The quantitative estimate of drug-likeness (QED) is 0.316. The van der Waals surface area contributed by atoms with Crippen LogP contribution in [0.3, 0.4) is 0 Å². The number of aromatic nitrogens is 3. The Labute approximate surface area is 181 Å². The fourth-order valence-corrected chi connectivity index (χ4v) is 3.84. The van der Waals surface area contributed by atoms with Gasteiger partial charge >= 0.3 is 6.18 Å². The van der Waals surface area contributed by atoms with Crippen LogP contribution in [-0.4, -0.2) is 26.6 Å². The van der Waals surface area contributed by atoms with Gasteiger partial charge in [-0.05, 0) is 34.9 Å². The Morgan fingerprint density at radius 2 is 1.56 bits per heavy atom. The van der Waals surface area contributed by atoms with Crippen LogP contribution in [0.15, 0.2) is 79.3 Å². The lowest BCUT2D eigenvalue weighted by atomic mass is 9.94. The number of rotatable bonds is 3. The van der Waals surface area contributed by atoms with E-state index < -0.39 is 12.0 Å². The van der Waals surface area contributed by atoms with E-state index in [0.717, 1.165) is 16.7 Å². The largest absolute Gasteiger partial charge is 0.454 e. The van der Waals surface area contributed by atoms with Crippen molar-refractivity contribution >= 4 is 22.2 Å². The number of carbonyl (C=O) groups is 1. The summed E-state index contributed by atoms with van der Waals surface area (Å²) >= 11 is 0. The first kappa shape index (κ1) is 19.9. The molecule has 0 fully saturated rings. The van der Waals surface area contributed by atoms with E-state index in [9.17, 15) is 18.0 Å². The van der Waals surface area contributed by atoms with Crippen LogP contribution in [0.4, 0.5) is 13.2 Å². The van der Waals surface area contributed by atoms with Gasteiger partial charge in [-0.3, -0.25) is 4.79 Å². The van der Waals surface area contributed by atoms with Crippen molar-refractivity contribution in [3.8, 4) is 22.3 Å². The minimum atomic E-state index is -4.94. The number of hydrogen-bond donors (Lipinski definition) is 0. The maximum Gasteiger partial charge on any atom is 0.454 e. The van der Waals surface area contributed by atoms with Crippen LogP contribution in [0.2, 0.25) is 0 Å². The average molecular weight is 431 g/mol. The first-order valence-corrected chi connectivity index (χ1v) is 9.87. The molecule has 0 unspecified atom stereocenters. The Morgan fingerprint density at radius 1 is 0.844 bits per heavy atom. The summed E-state index contributed by atoms with van der Waals surface area (Å²) in [6.07, 6.45) is 0.298. The van der Waals surface area contributed by atoms with Crippen molar-refractivity contribution in [3.05, 3.63) is 90.4 Å². The molecule has 7 heteroatoms. The van der Waals surface area contributed by atoms with E-state index >= 15 is 0 Å². The lowest BCUT2D eigenvalue weighted by Gasteiger charge is -2.11. The molecule has 5 rings (SSSR count). The number of ketones is 1. The molecule has 0 aliphatic rings. The SMILES string of the molecule is Cc1ccc(-c2cnc3c(-c4ccc(C(=O)C(F)(F)F)c5ccccc45)cnn3c2)cc1. The molecule has 2 heterocycles. The highest BCUT2D eigenvalue weighted by atomic mass is 19.4. The maximum absolute atomic E-state index is 13.1. The zero-order chi connectivity index (χ0) is 22.5. The van der Waals surface area contributed by atoms with Gasteiger partial charge in [0, 0.05) is 29.1 Å². The number of Topliss-reactive ketones (excluding diaryl/α,β-unsaturated/α-hetero) is 1. The van der Waals surface area contributed by atoms with Crippen molar-refractivity contribution in [2.24, 2.45) is 0 Å². The van der Waals surface area contributed by atoms with E-state index in [1.807, 2.05) is 37.4 Å². The summed E-state index contributed by atoms with van der Waals surface area (Å²) in [5.41, 5.74) is 4.57. The molecule has 0 N–H and O–H groups in total. The van der Waals surface area contributed by atoms with E-state index in [2.05, 4.69) is 10.1 Å². The highest BCUT2D eigenvalue weighted by molar-refractivity contribution is 6.14. The Balaban J connectivity index is 1.65. The van der Waals surface area contributed by atoms with Crippen LogP contribution >= 0.6 is 0 Å². The van der Waals surface area contributed by atoms with E-state index in [1.54, 1.807) is 35.1 Å². The smallest absolute Gasteiger partial charge is 0.284 e. The van der Waals surface area contributed by atoms with Crippen molar-refractivity contribution < 1.29 is 18.0 Å². The summed E-state index contributed by atoms with van der Waals surface area (Å²) in [6, 6.07) is 17.3. The van der Waals surface area contributed by atoms with Crippen LogP contribution in [0, 0.1) is 6.92 Å². The Morgan fingerprint density at radius 3 is 2.28 bits per heavy atom. The maximum atomic E-state index is 13.1. The topological polar surface area (TPSA) is 47.3 Å². The van der Waals surface area contributed by atoms with Crippen LogP contribution < -0.4 is 0 Å². The number of benzene rings is 3. The van der Waals surface area contributed by atoms with Crippen LogP contribution in [0.1, 0.15) is 15.9 Å². The van der Waals surface area contributed by atoms with Gasteiger partial charge in [0.2, 0.25) is 0 Å². The average Bonchev–Trinajstić information content (AvgIpc) is 3.21. The summed E-state index contributed by atoms with van der Waals surface area (Å²) in [6.45, 7) is 2.02. The number of aryl methyl sites for hydroxylation is 1. The van der Waals surface area contributed by atoms with Crippen molar-refractivity contribution in [2.45, 2.75) is 13.1 Å². The first-order valence-electron chi connectivity index (χ1n) is 9.87. The van der Waals surface area contributed by atoms with Gasteiger partial charge in [0.15, 0.2) is 5.65 Å². The van der Waals surface area contributed by atoms with Gasteiger partial charge in [0.25, 0.3) is 5.78 Å². The van der Waals surface area contributed by atoms with Crippen molar-refractivity contribution in [1.29, 1.82) is 0 Å². The van der Waals surface area contributed by atoms with Gasteiger partial charge < -0.3 is 0 Å². The molecule has 32 heavy (non-hydrogen) atoms. The summed E-state index contributed by atoms with van der Waals surface area (Å²) < 4.78 is 40.9. The molecule has 0 amide bonds. The van der Waals surface area contributed by atoms with Crippen molar-refractivity contribution in [1.82, 2.24) is 14.6 Å². The van der Waals surface area contributed by atoms with E-state index in [-0.39, 0.29) is 10.9 Å². The fourth-order valence-electron chi connectivity index (χ4n) is 3.84. The number of halogens is 3. The molecule has 0 aliphatic carbocycles. The van der Waals surface area contributed by atoms with Crippen molar-refractivity contribution in [3.63, 3.8) is 0 Å². The van der Waals surface area contributed by atoms with Gasteiger partial charge in [-0.1, -0.05) is 60.2 Å². The molecule has 4 nitrogen and oxygen atoms in total. The van der Waals surface area contributed by atoms with Crippen molar-refractivity contribution in [2.75, 3.05) is 0 Å². The molecule has 0 saturated carbocycles. The molecule has 3 aromatic carbocycles. The van der Waals surface area contributed by atoms with Gasteiger partial charge in [-0.2, -0.15) is 18.3 Å². The lowest BCUT2D eigenvalue weighted by Crippen LogP contribution is -2.22. The molecule has 5 aromatic rings. The lowest BCUT2D eigenvalue weighted by molar-refractivity contribution is -0.0884. The molecule has 0 atom stereocenters. The first-order chi connectivity index (χ1) is 15.3. The number of nitrogens with zero attached hydrogens (tertiary/aromatic N) is 3. The van der Waals surface area contributed by atoms with Gasteiger partial charge in [0.05, 0.1) is 6.20 Å². The second-order valence-electron chi connectivity index (χ2n) is 7.57. The third-order valence-corrected chi connectivity index (χ3v) is 5.46. The monoisotopic (exact) mass is 431 g/mol. The highest BCUT2D eigenvalue weighted by Crippen LogP contribution is 2.35. The minimum absolute atomic E-state index is 0.239. The highest BCUT2D eigenvalue weighted by Gasteiger charge is 2.40. The van der Waals surface area contributed by atoms with Gasteiger partial charge in [0.1, 0.15) is 0 Å². The Bertz CT molecular complexity index is 1480. The predicted octanol–water partition coefficient (Wildman–Crippen LogP) is 6.27. The Kier molecular flexibility index (Phi) is 4.55. The zero-order valence-corrected chi connectivity index (χ0v) is 16.9. The molecule has 158 valence electrons. The van der Waals surface area contributed by atoms with Crippen LogP contribution in [-0.2, 0) is 0 Å². The van der Waals surface area contributed by atoms with E-state index in [4.69, 9.17) is 0 Å². The molecule has 0 spiro atoms. The molecule has 2 aromatic heterocycles. The van der Waals surface area contributed by atoms with Crippen LogP contribution in [0.25, 0.3) is 38.7 Å². The van der Waals surface area contributed by atoms with Crippen LogP contribution in [0.5, 0.6) is 0 Å². The molecule has 0 radical (unpaired) electrons. The van der Waals surface area contributed by atoms with Gasteiger partial charge in [-0.15, -0.1) is 0 Å². The number of hydrogen-bond acceptors (Lipinski definition) is 3. The zero-order valence-electron chi connectivity index (χ0n) is 16.9. The summed E-state index contributed by atoms with van der Waals surface area (Å²) in [4.78, 5) is 16.5. The third kappa shape index (κ3) is 3.32. The number of alkyl halides is 3. The third-order valence-electron chi connectivity index (χ3n) is 5.46. The molecule has 0 saturated heterocycles. The normalized spacial score (nSPS) is 11.9. The second kappa shape index (κ2) is 7.30. The molecule has 0 aliphatic heterocycles. The summed E-state index contributed by atoms with van der Waals surface area (Å²) in [5.74, 6) is -1.86. The van der Waals surface area contributed by atoms with E-state index in [0.29, 0.717) is 22.2 Å². The molecular weight excluding hydrogens is 415 g/mol. The molecular formula is C25H16F3N3O. The predicted molar refractivity (Wildman–Crippen MR) is 116 cm³/mol. The second-order valence-corrected chi connectivity index (χ2v) is 7.57. The molecule has 0 bridgehead atoms. The Hall–Kier alpha value is -4.00. The minimum Gasteiger partial charge on any atom is -0.284 e. The van der Waals surface area contributed by atoms with Gasteiger partial charge in [-0.25, -0.2) is 9.50 Å². The standard InChI is InChI=1S/C25H16F3N3O/c1-15-6-8-16(9-7-15)17-12-29-24-22(13-30-31(24)14-17)20-10-11-21(23(32)25(26,27)28)19-5-3-2-4-18(19)20/h2-14H,1H3. The van der Waals surface area contributed by atoms with E-state index in [1.165, 1.54) is 18.2 Å². The summed E-state index contributed by atoms with van der Waals surface area (Å²) in [5, 5.41) is 5.18. The number of fused-ring (bicyclic) bond motifs is 2. The number of carbonyl (C=O) groups excluding carboxylic acids is 1.